The predicted octanol–water partition coefficient (Wildman–Crippen LogP) is 2.77. The minimum atomic E-state index is -0.460. The fourth-order valence-electron chi connectivity index (χ4n) is 1.59. The number of amides is 1. The van der Waals surface area contributed by atoms with Crippen molar-refractivity contribution in [3.63, 3.8) is 0 Å². The van der Waals surface area contributed by atoms with Gasteiger partial charge in [-0.15, -0.1) is 0 Å². The summed E-state index contributed by atoms with van der Waals surface area (Å²) in [5.41, 5.74) is -0.363. The Bertz CT molecular complexity index is 340. The molecule has 0 bridgehead atoms. The van der Waals surface area contributed by atoms with Crippen molar-refractivity contribution in [3.05, 3.63) is 0 Å². The van der Waals surface area contributed by atoms with Crippen LogP contribution in [0.5, 0.6) is 0 Å². The number of likely N-dealkylation sites (N-methyl/N-ethyl adjacent to an activating group) is 1. The standard InChI is InChI=1S/C15H29N3O2/c1-14(2,3)20-13(19)18(6)11-10-17-12-15(4,5)8-7-9-16/h17H,7-8,10-12H2,1-6H3. The zero-order valence-corrected chi connectivity index (χ0v) is 13.7. The van der Waals surface area contributed by atoms with Crippen molar-refractivity contribution in [1.82, 2.24) is 10.2 Å². The van der Waals surface area contributed by atoms with Crippen LogP contribution in [0, 0.1) is 16.7 Å². The smallest absolute Gasteiger partial charge is 0.410 e. The molecule has 0 fully saturated rings. The molecular formula is C15H29N3O2. The molecule has 0 spiro atoms. The van der Waals surface area contributed by atoms with E-state index in [0.29, 0.717) is 19.5 Å². The van der Waals surface area contributed by atoms with Gasteiger partial charge in [-0.1, -0.05) is 13.8 Å². The molecule has 0 aliphatic rings. The van der Waals surface area contributed by atoms with E-state index in [9.17, 15) is 4.79 Å². The van der Waals surface area contributed by atoms with Crippen LogP contribution in [-0.2, 0) is 4.74 Å². The van der Waals surface area contributed by atoms with Crippen molar-refractivity contribution < 1.29 is 9.53 Å². The Hall–Kier alpha value is -1.28. The summed E-state index contributed by atoms with van der Waals surface area (Å²) < 4.78 is 5.27. The number of nitrogens with zero attached hydrogens (tertiary/aromatic N) is 2. The first-order chi connectivity index (χ1) is 9.07. The van der Waals surface area contributed by atoms with Gasteiger partial charge in [0.25, 0.3) is 0 Å². The summed E-state index contributed by atoms with van der Waals surface area (Å²) in [6.45, 7) is 12.0. The largest absolute Gasteiger partial charge is 0.444 e. The Morgan fingerprint density at radius 2 is 1.90 bits per heavy atom. The van der Waals surface area contributed by atoms with E-state index < -0.39 is 5.60 Å². The Morgan fingerprint density at radius 3 is 2.40 bits per heavy atom. The van der Waals surface area contributed by atoms with Gasteiger partial charge in [-0.25, -0.2) is 4.79 Å². The summed E-state index contributed by atoms with van der Waals surface area (Å²) in [4.78, 5) is 13.3. The third-order valence-electron chi connectivity index (χ3n) is 2.85. The highest BCUT2D eigenvalue weighted by Crippen LogP contribution is 2.20. The average Bonchev–Trinajstić information content (AvgIpc) is 2.29. The van der Waals surface area contributed by atoms with Gasteiger partial charge in [-0.05, 0) is 32.6 Å². The number of carbonyl (C=O) groups is 1. The third kappa shape index (κ3) is 9.62. The van der Waals surface area contributed by atoms with Gasteiger partial charge in [0.05, 0.1) is 6.07 Å². The van der Waals surface area contributed by atoms with Crippen molar-refractivity contribution in [2.24, 2.45) is 5.41 Å². The molecule has 0 saturated carbocycles. The molecule has 0 heterocycles. The summed E-state index contributed by atoms with van der Waals surface area (Å²) in [5.74, 6) is 0. The van der Waals surface area contributed by atoms with Crippen LogP contribution in [0.2, 0.25) is 0 Å². The molecule has 1 amide bonds. The van der Waals surface area contributed by atoms with Gasteiger partial charge in [0.1, 0.15) is 5.60 Å². The van der Waals surface area contributed by atoms with Crippen LogP contribution in [0.3, 0.4) is 0 Å². The lowest BCUT2D eigenvalue weighted by atomic mass is 9.88. The highest BCUT2D eigenvalue weighted by Gasteiger charge is 2.20. The monoisotopic (exact) mass is 283 g/mol. The molecule has 0 saturated heterocycles. The van der Waals surface area contributed by atoms with Crippen molar-refractivity contribution in [1.29, 1.82) is 5.26 Å². The Kier molecular flexibility index (Phi) is 7.59. The maximum absolute atomic E-state index is 11.7. The molecule has 0 aromatic heterocycles. The molecule has 1 N–H and O–H groups in total. The van der Waals surface area contributed by atoms with Gasteiger partial charge >= 0.3 is 6.09 Å². The molecule has 0 unspecified atom stereocenters. The lowest BCUT2D eigenvalue weighted by Crippen LogP contribution is -2.39. The van der Waals surface area contributed by atoms with Crippen molar-refractivity contribution in [3.8, 4) is 6.07 Å². The molecule has 5 heteroatoms. The average molecular weight is 283 g/mol. The first-order valence-electron chi connectivity index (χ1n) is 7.09. The van der Waals surface area contributed by atoms with Gasteiger partial charge < -0.3 is 15.0 Å². The summed E-state index contributed by atoms with van der Waals surface area (Å²) in [6, 6.07) is 2.17. The summed E-state index contributed by atoms with van der Waals surface area (Å²) >= 11 is 0. The van der Waals surface area contributed by atoms with Gasteiger partial charge in [0, 0.05) is 33.1 Å². The van der Waals surface area contributed by atoms with Crippen LogP contribution >= 0.6 is 0 Å². The van der Waals surface area contributed by atoms with Crippen LogP contribution in [0.15, 0.2) is 0 Å². The lowest BCUT2D eigenvalue weighted by molar-refractivity contribution is 0.0300. The minimum Gasteiger partial charge on any atom is -0.444 e. The molecule has 116 valence electrons. The molecule has 0 aliphatic heterocycles. The molecule has 0 radical (unpaired) electrons. The molecule has 0 aliphatic carbocycles. The Morgan fingerprint density at radius 1 is 1.30 bits per heavy atom. The number of nitrogens with one attached hydrogen (secondary N) is 1. The van der Waals surface area contributed by atoms with Crippen molar-refractivity contribution in [2.75, 3.05) is 26.7 Å². The maximum atomic E-state index is 11.7. The first-order valence-corrected chi connectivity index (χ1v) is 7.09. The number of rotatable bonds is 7. The van der Waals surface area contributed by atoms with E-state index >= 15 is 0 Å². The van der Waals surface area contributed by atoms with Gasteiger partial charge in [-0.2, -0.15) is 5.26 Å². The zero-order valence-electron chi connectivity index (χ0n) is 13.7. The van der Waals surface area contributed by atoms with E-state index in [4.69, 9.17) is 10.00 Å². The van der Waals surface area contributed by atoms with Crippen LogP contribution in [0.1, 0.15) is 47.5 Å². The highest BCUT2D eigenvalue weighted by atomic mass is 16.6. The molecule has 0 atom stereocenters. The second-order valence-corrected chi connectivity index (χ2v) is 6.90. The third-order valence-corrected chi connectivity index (χ3v) is 2.85. The molecule has 5 nitrogen and oxygen atoms in total. The quantitative estimate of drug-likeness (QED) is 0.730. The topological polar surface area (TPSA) is 65.4 Å². The summed E-state index contributed by atoms with van der Waals surface area (Å²) in [7, 11) is 1.73. The SMILES string of the molecule is CN(CCNCC(C)(C)CCC#N)C(=O)OC(C)(C)C. The van der Waals surface area contributed by atoms with Crippen LogP contribution < -0.4 is 5.32 Å². The fourth-order valence-corrected chi connectivity index (χ4v) is 1.59. The number of hydrogen-bond acceptors (Lipinski definition) is 4. The number of hydrogen-bond donors (Lipinski definition) is 1. The predicted molar refractivity (Wildman–Crippen MR) is 80.4 cm³/mol. The van der Waals surface area contributed by atoms with E-state index in [1.807, 2.05) is 20.8 Å². The summed E-state index contributed by atoms with van der Waals surface area (Å²) in [6.07, 6.45) is 1.15. The first kappa shape index (κ1) is 18.7. The molecular weight excluding hydrogens is 254 g/mol. The Labute approximate surface area is 123 Å². The molecule has 0 aromatic carbocycles. The fraction of sp³-hybridized carbons (Fsp3) is 0.867. The number of carbonyl (C=O) groups excluding carboxylic acids is 1. The van der Waals surface area contributed by atoms with Crippen LogP contribution in [-0.4, -0.2) is 43.3 Å². The number of nitriles is 1. The molecule has 20 heavy (non-hydrogen) atoms. The van der Waals surface area contributed by atoms with Crippen molar-refractivity contribution >= 4 is 6.09 Å². The Balaban J connectivity index is 3.90. The highest BCUT2D eigenvalue weighted by molar-refractivity contribution is 5.67. The van der Waals surface area contributed by atoms with E-state index in [1.165, 1.54) is 0 Å². The maximum Gasteiger partial charge on any atom is 0.410 e. The van der Waals surface area contributed by atoms with Gasteiger partial charge in [-0.3, -0.25) is 0 Å². The minimum absolute atomic E-state index is 0.0974. The van der Waals surface area contributed by atoms with E-state index in [1.54, 1.807) is 11.9 Å². The molecule has 0 rings (SSSR count). The lowest BCUT2D eigenvalue weighted by Gasteiger charge is -2.26. The number of ether oxygens (including phenoxy) is 1. The second kappa shape index (κ2) is 8.11. The normalized spacial score (nSPS) is 11.8. The van der Waals surface area contributed by atoms with E-state index in [0.717, 1.165) is 13.0 Å². The molecule has 0 aromatic rings. The van der Waals surface area contributed by atoms with E-state index in [-0.39, 0.29) is 11.5 Å². The van der Waals surface area contributed by atoms with E-state index in [2.05, 4.69) is 25.2 Å². The van der Waals surface area contributed by atoms with Gasteiger partial charge in [0.2, 0.25) is 0 Å². The zero-order chi connectivity index (χ0) is 15.8. The van der Waals surface area contributed by atoms with Crippen molar-refractivity contribution in [2.45, 2.75) is 53.1 Å². The van der Waals surface area contributed by atoms with Crippen LogP contribution in [0.25, 0.3) is 0 Å². The second-order valence-electron chi connectivity index (χ2n) is 6.90. The summed E-state index contributed by atoms with van der Waals surface area (Å²) in [5, 5.41) is 11.9. The van der Waals surface area contributed by atoms with Gasteiger partial charge in [0.15, 0.2) is 0 Å². The van der Waals surface area contributed by atoms with Crippen LogP contribution in [0.4, 0.5) is 4.79 Å².